The number of ether oxygens (including phenoxy) is 3. The van der Waals surface area contributed by atoms with Crippen LogP contribution >= 0.6 is 11.8 Å². The molecule has 2 aliphatic rings. The number of carbonyl (C=O) groups is 1. The Morgan fingerprint density at radius 2 is 1.79 bits per heavy atom. The van der Waals surface area contributed by atoms with Crippen molar-refractivity contribution in [2.75, 3.05) is 20.3 Å². The second kappa shape index (κ2) is 9.50. The normalized spacial score (nSPS) is 16.5. The monoisotopic (exact) mass is 464 g/mol. The molecule has 2 aliphatic heterocycles. The SMILES string of the molecule is COc1cc(/C=C2/C(=N)N3N=C(C)SC3=NC2=O)ccc1OCCOc1c(C)cccc1C. The van der Waals surface area contributed by atoms with E-state index in [-0.39, 0.29) is 11.4 Å². The summed E-state index contributed by atoms with van der Waals surface area (Å²) in [5, 5.41) is 15.1. The van der Waals surface area contributed by atoms with Crippen LogP contribution in [0.5, 0.6) is 17.2 Å². The van der Waals surface area contributed by atoms with Gasteiger partial charge in [0.25, 0.3) is 5.91 Å². The van der Waals surface area contributed by atoms with Crippen molar-refractivity contribution in [3.63, 3.8) is 0 Å². The molecule has 0 aliphatic carbocycles. The van der Waals surface area contributed by atoms with Gasteiger partial charge in [-0.1, -0.05) is 24.3 Å². The summed E-state index contributed by atoms with van der Waals surface area (Å²) in [7, 11) is 1.55. The standard InChI is InChI=1S/C24H24N4O4S/c1-14-6-5-7-15(2)21(14)32-11-10-31-19-9-8-17(13-20(19)30-4)12-18-22(25)28-24(26-23(18)29)33-16(3)27-28/h5-9,12-13,25H,10-11H2,1-4H3/b18-12-,25-22?. The smallest absolute Gasteiger partial charge is 0.283 e. The number of nitrogens with one attached hydrogen (secondary N) is 1. The third kappa shape index (κ3) is 4.78. The van der Waals surface area contributed by atoms with Gasteiger partial charge in [0, 0.05) is 0 Å². The largest absolute Gasteiger partial charge is 0.493 e. The minimum atomic E-state index is -0.466. The van der Waals surface area contributed by atoms with Gasteiger partial charge in [0.1, 0.15) is 19.0 Å². The highest BCUT2D eigenvalue weighted by atomic mass is 32.2. The Labute approximate surface area is 196 Å². The first kappa shape index (κ1) is 22.6. The first-order valence-corrected chi connectivity index (χ1v) is 11.2. The predicted molar refractivity (Wildman–Crippen MR) is 131 cm³/mol. The molecule has 4 rings (SSSR count). The number of fused-ring (bicyclic) bond motifs is 1. The number of aryl methyl sites for hydroxylation is 2. The maximum Gasteiger partial charge on any atom is 0.283 e. The van der Waals surface area contributed by atoms with Crippen molar-refractivity contribution < 1.29 is 19.0 Å². The Balaban J connectivity index is 1.45. The molecule has 0 spiro atoms. The molecule has 0 saturated carbocycles. The zero-order chi connectivity index (χ0) is 23.5. The minimum absolute atomic E-state index is 0.00251. The third-order valence-electron chi connectivity index (χ3n) is 5.05. The van der Waals surface area contributed by atoms with Crippen LogP contribution in [0, 0.1) is 19.3 Å². The van der Waals surface area contributed by atoms with Crippen LogP contribution in [0.15, 0.2) is 52.1 Å². The number of thioether (sulfide) groups is 1. The van der Waals surface area contributed by atoms with Crippen LogP contribution in [0.1, 0.15) is 23.6 Å². The molecule has 2 aromatic carbocycles. The predicted octanol–water partition coefficient (Wildman–Crippen LogP) is 4.41. The number of nitrogens with zero attached hydrogens (tertiary/aromatic N) is 3. The maximum atomic E-state index is 12.5. The number of rotatable bonds is 7. The summed E-state index contributed by atoms with van der Waals surface area (Å²) in [5.74, 6) is 1.48. The summed E-state index contributed by atoms with van der Waals surface area (Å²) in [6.07, 6.45) is 1.61. The zero-order valence-corrected chi connectivity index (χ0v) is 19.7. The van der Waals surface area contributed by atoms with Gasteiger partial charge in [-0.05, 0) is 67.4 Å². The fourth-order valence-corrected chi connectivity index (χ4v) is 4.20. The summed E-state index contributed by atoms with van der Waals surface area (Å²) < 4.78 is 17.2. The van der Waals surface area contributed by atoms with Crippen molar-refractivity contribution in [3.8, 4) is 17.2 Å². The number of methoxy groups -OCH3 is 1. The summed E-state index contributed by atoms with van der Waals surface area (Å²) in [5.41, 5.74) is 3.01. The molecule has 170 valence electrons. The molecule has 0 aromatic heterocycles. The number of aliphatic imine (C=N–C) groups is 1. The highest BCUT2D eigenvalue weighted by Crippen LogP contribution is 2.31. The van der Waals surface area contributed by atoms with Crippen molar-refractivity contribution in [1.29, 1.82) is 5.41 Å². The lowest BCUT2D eigenvalue weighted by Crippen LogP contribution is -2.35. The van der Waals surface area contributed by atoms with Crippen LogP contribution in [0.25, 0.3) is 6.08 Å². The van der Waals surface area contributed by atoms with E-state index in [1.165, 1.54) is 16.8 Å². The van der Waals surface area contributed by atoms with Crippen molar-refractivity contribution in [2.45, 2.75) is 20.8 Å². The molecule has 33 heavy (non-hydrogen) atoms. The van der Waals surface area contributed by atoms with Gasteiger partial charge in [-0.15, -0.1) is 0 Å². The summed E-state index contributed by atoms with van der Waals surface area (Å²) >= 11 is 1.27. The molecule has 1 amide bonds. The zero-order valence-electron chi connectivity index (χ0n) is 18.8. The number of carbonyl (C=O) groups excluding carboxylic acids is 1. The Morgan fingerprint density at radius 1 is 1.06 bits per heavy atom. The van der Waals surface area contributed by atoms with E-state index in [0.29, 0.717) is 35.4 Å². The number of benzene rings is 2. The van der Waals surface area contributed by atoms with Crippen LogP contribution in [-0.4, -0.2) is 47.3 Å². The first-order chi connectivity index (χ1) is 15.9. The van der Waals surface area contributed by atoms with E-state index in [4.69, 9.17) is 19.6 Å². The molecule has 0 atom stereocenters. The van der Waals surface area contributed by atoms with E-state index >= 15 is 0 Å². The molecule has 2 heterocycles. The van der Waals surface area contributed by atoms with Gasteiger partial charge >= 0.3 is 0 Å². The van der Waals surface area contributed by atoms with E-state index in [9.17, 15) is 4.79 Å². The van der Waals surface area contributed by atoms with Gasteiger partial charge in [-0.25, -0.2) is 0 Å². The van der Waals surface area contributed by atoms with Gasteiger partial charge < -0.3 is 14.2 Å². The highest BCUT2D eigenvalue weighted by molar-refractivity contribution is 8.26. The summed E-state index contributed by atoms with van der Waals surface area (Å²) in [4.78, 5) is 16.5. The van der Waals surface area contributed by atoms with Crippen LogP contribution in [0.4, 0.5) is 0 Å². The molecular weight excluding hydrogens is 440 g/mol. The van der Waals surface area contributed by atoms with Crippen LogP contribution < -0.4 is 14.2 Å². The Morgan fingerprint density at radius 3 is 2.52 bits per heavy atom. The van der Waals surface area contributed by atoms with Gasteiger partial charge in [-0.2, -0.15) is 15.1 Å². The van der Waals surface area contributed by atoms with Gasteiger partial charge in [0.2, 0.25) is 5.17 Å². The second-order valence-electron chi connectivity index (χ2n) is 7.47. The average Bonchev–Trinajstić information content (AvgIpc) is 3.16. The van der Waals surface area contributed by atoms with E-state index in [2.05, 4.69) is 10.1 Å². The quantitative estimate of drug-likeness (QED) is 0.482. The number of amides is 1. The lowest BCUT2D eigenvalue weighted by molar-refractivity contribution is -0.114. The van der Waals surface area contributed by atoms with Crippen molar-refractivity contribution >= 4 is 39.8 Å². The molecule has 0 bridgehead atoms. The average molecular weight is 465 g/mol. The lowest BCUT2D eigenvalue weighted by Gasteiger charge is -2.20. The molecule has 0 saturated heterocycles. The lowest BCUT2D eigenvalue weighted by atomic mass is 10.1. The minimum Gasteiger partial charge on any atom is -0.493 e. The van der Waals surface area contributed by atoms with Crippen LogP contribution in [-0.2, 0) is 4.79 Å². The van der Waals surface area contributed by atoms with E-state index in [1.807, 2.05) is 39.0 Å². The number of hydrazone groups is 1. The Kier molecular flexibility index (Phi) is 6.50. The number of hydrogen-bond donors (Lipinski definition) is 1. The van der Waals surface area contributed by atoms with Crippen molar-refractivity contribution in [3.05, 3.63) is 58.7 Å². The van der Waals surface area contributed by atoms with Crippen molar-refractivity contribution in [1.82, 2.24) is 5.01 Å². The Bertz CT molecular complexity index is 1200. The van der Waals surface area contributed by atoms with E-state index in [0.717, 1.165) is 21.9 Å². The molecule has 0 radical (unpaired) electrons. The number of amidine groups is 2. The van der Waals surface area contributed by atoms with Gasteiger partial charge in [0.15, 0.2) is 17.3 Å². The second-order valence-corrected chi connectivity index (χ2v) is 8.63. The first-order valence-electron chi connectivity index (χ1n) is 10.3. The Hall–Kier alpha value is -3.59. The molecule has 0 unspecified atom stereocenters. The maximum absolute atomic E-state index is 12.5. The molecular formula is C24H24N4O4S. The fraction of sp³-hybridized carbons (Fsp3) is 0.250. The molecule has 9 heteroatoms. The third-order valence-corrected chi connectivity index (χ3v) is 5.87. The van der Waals surface area contributed by atoms with E-state index < -0.39 is 5.91 Å². The number of hydrogen-bond acceptors (Lipinski definition) is 7. The van der Waals surface area contributed by atoms with Crippen molar-refractivity contribution in [2.24, 2.45) is 10.1 Å². The van der Waals surface area contributed by atoms with Crippen LogP contribution in [0.3, 0.4) is 0 Å². The molecule has 2 aromatic rings. The number of para-hydroxylation sites is 1. The molecule has 1 N–H and O–H groups in total. The van der Waals surface area contributed by atoms with Gasteiger partial charge in [0.05, 0.1) is 17.7 Å². The molecule has 8 nitrogen and oxygen atoms in total. The topological polar surface area (TPSA) is 96.6 Å². The van der Waals surface area contributed by atoms with Gasteiger partial charge in [-0.3, -0.25) is 10.2 Å². The fourth-order valence-electron chi connectivity index (χ4n) is 3.47. The molecule has 0 fully saturated rings. The van der Waals surface area contributed by atoms with Crippen LogP contribution in [0.2, 0.25) is 0 Å². The summed E-state index contributed by atoms with van der Waals surface area (Å²) in [6.45, 7) is 6.57. The highest BCUT2D eigenvalue weighted by Gasteiger charge is 2.34. The van der Waals surface area contributed by atoms with E-state index in [1.54, 1.807) is 31.4 Å². The summed E-state index contributed by atoms with van der Waals surface area (Å²) in [6, 6.07) is 11.3.